The molecule has 0 heterocycles. The fourth-order valence-electron chi connectivity index (χ4n) is 1.94. The number of para-hydroxylation sites is 2. The molecule has 26 heavy (non-hydrogen) atoms. The molecule has 0 spiro atoms. The highest BCUT2D eigenvalue weighted by atomic mass is 19.1. The Kier molecular flexibility index (Phi) is 6.45. The zero-order valence-corrected chi connectivity index (χ0v) is 13.5. The lowest BCUT2D eigenvalue weighted by atomic mass is 10.2. The van der Waals surface area contributed by atoms with Crippen LogP contribution in [-0.4, -0.2) is 22.2 Å². The van der Waals surface area contributed by atoms with Crippen LogP contribution in [0.15, 0.2) is 78.9 Å². The van der Waals surface area contributed by atoms with Crippen LogP contribution in [0.5, 0.6) is 11.5 Å². The Morgan fingerprint density at radius 2 is 1.31 bits per heavy atom. The average Bonchev–Trinajstić information content (AvgIpc) is 2.64. The lowest BCUT2D eigenvalue weighted by molar-refractivity contribution is 0.0684. The average molecular weight is 354 g/mol. The van der Waals surface area contributed by atoms with Crippen LogP contribution in [0.1, 0.15) is 20.7 Å². The third-order valence-corrected chi connectivity index (χ3v) is 3.18. The largest absolute Gasteiger partial charge is 0.478 e. The first-order valence-electron chi connectivity index (χ1n) is 7.51. The maximum absolute atomic E-state index is 12.2. The van der Waals surface area contributed by atoms with Gasteiger partial charge in [-0.1, -0.05) is 30.3 Å². The second-order valence-electron chi connectivity index (χ2n) is 5.03. The summed E-state index contributed by atoms with van der Waals surface area (Å²) in [6.07, 6.45) is 0. The van der Waals surface area contributed by atoms with Gasteiger partial charge in [-0.2, -0.15) is 0 Å². The molecule has 3 rings (SSSR count). The van der Waals surface area contributed by atoms with Crippen molar-refractivity contribution in [3.05, 3.63) is 95.8 Å². The summed E-state index contributed by atoms with van der Waals surface area (Å²) >= 11 is 0. The highest BCUT2D eigenvalue weighted by Crippen LogP contribution is 2.24. The number of carboxylic acids is 2. The van der Waals surface area contributed by atoms with E-state index in [1.165, 1.54) is 18.2 Å². The first kappa shape index (κ1) is 18.7. The Balaban J connectivity index is 0.000000209. The topological polar surface area (TPSA) is 83.8 Å². The van der Waals surface area contributed by atoms with E-state index in [9.17, 15) is 14.0 Å². The minimum atomic E-state index is -1.04. The molecule has 0 radical (unpaired) electrons. The van der Waals surface area contributed by atoms with Crippen molar-refractivity contribution >= 4 is 11.9 Å². The number of aromatic carboxylic acids is 2. The number of carboxylic acid groups (broad SMARTS) is 2. The second kappa shape index (κ2) is 8.98. The van der Waals surface area contributed by atoms with Crippen LogP contribution in [0.25, 0.3) is 0 Å². The molecule has 0 unspecified atom stereocenters. The molecule has 0 aliphatic carbocycles. The summed E-state index contributed by atoms with van der Waals surface area (Å²) < 4.78 is 17.6. The van der Waals surface area contributed by atoms with Crippen LogP contribution in [0.3, 0.4) is 0 Å². The van der Waals surface area contributed by atoms with E-state index in [0.717, 1.165) is 12.1 Å². The zero-order chi connectivity index (χ0) is 18.9. The summed E-state index contributed by atoms with van der Waals surface area (Å²) in [5.41, 5.74) is 0.257. The Hall–Kier alpha value is -3.67. The van der Waals surface area contributed by atoms with Crippen molar-refractivity contribution < 1.29 is 28.9 Å². The number of benzene rings is 3. The Labute approximate surface area is 148 Å². The molecule has 2 N–H and O–H groups in total. The molecule has 0 fully saturated rings. The summed E-state index contributed by atoms with van der Waals surface area (Å²) in [6.45, 7) is 0. The SMILES string of the molecule is O=C(O)c1ccc(F)cc1.O=C(O)c1ccccc1Oc1ccccc1. The molecule has 3 aromatic carbocycles. The van der Waals surface area contributed by atoms with Crippen molar-refractivity contribution in [2.75, 3.05) is 0 Å². The van der Waals surface area contributed by atoms with E-state index in [0.29, 0.717) is 11.5 Å². The first-order chi connectivity index (χ1) is 12.5. The molecule has 0 saturated heterocycles. The van der Waals surface area contributed by atoms with Crippen LogP contribution in [-0.2, 0) is 0 Å². The summed E-state index contributed by atoms with van der Waals surface area (Å²) in [5, 5.41) is 17.3. The standard InChI is InChI=1S/C13H10O3.C7H5FO2/c14-13(15)11-8-4-5-9-12(11)16-10-6-2-1-3-7-10;8-6-3-1-5(2-4-6)7(9)10/h1-9H,(H,14,15);1-4H,(H,9,10). The van der Waals surface area contributed by atoms with E-state index >= 15 is 0 Å². The maximum atomic E-state index is 12.2. The number of hydrogen-bond donors (Lipinski definition) is 2. The Morgan fingerprint density at radius 1 is 0.731 bits per heavy atom. The van der Waals surface area contributed by atoms with E-state index in [1.807, 2.05) is 18.2 Å². The van der Waals surface area contributed by atoms with Crippen molar-refractivity contribution in [3.8, 4) is 11.5 Å². The predicted molar refractivity (Wildman–Crippen MR) is 93.3 cm³/mol. The van der Waals surface area contributed by atoms with Gasteiger partial charge >= 0.3 is 11.9 Å². The van der Waals surface area contributed by atoms with E-state index in [-0.39, 0.29) is 11.1 Å². The van der Waals surface area contributed by atoms with E-state index in [1.54, 1.807) is 30.3 Å². The number of ether oxygens (including phenoxy) is 1. The van der Waals surface area contributed by atoms with Crippen LogP contribution in [0, 0.1) is 5.82 Å². The van der Waals surface area contributed by atoms with Crippen molar-refractivity contribution in [2.24, 2.45) is 0 Å². The third kappa shape index (κ3) is 5.45. The van der Waals surface area contributed by atoms with Gasteiger partial charge in [0, 0.05) is 0 Å². The van der Waals surface area contributed by atoms with Gasteiger partial charge in [0.1, 0.15) is 22.9 Å². The normalized spacial score (nSPS) is 9.58. The van der Waals surface area contributed by atoms with Crippen LogP contribution in [0.2, 0.25) is 0 Å². The monoisotopic (exact) mass is 354 g/mol. The lowest BCUT2D eigenvalue weighted by Gasteiger charge is -2.07. The fourth-order valence-corrected chi connectivity index (χ4v) is 1.94. The van der Waals surface area contributed by atoms with Gasteiger partial charge in [0.05, 0.1) is 5.56 Å². The van der Waals surface area contributed by atoms with Crippen molar-refractivity contribution in [3.63, 3.8) is 0 Å². The molecule has 0 amide bonds. The second-order valence-corrected chi connectivity index (χ2v) is 5.03. The van der Waals surface area contributed by atoms with E-state index in [4.69, 9.17) is 14.9 Å². The molecule has 3 aromatic rings. The summed E-state index contributed by atoms with van der Waals surface area (Å²) in [6, 6.07) is 20.3. The van der Waals surface area contributed by atoms with Crippen LogP contribution >= 0.6 is 0 Å². The molecule has 0 bridgehead atoms. The van der Waals surface area contributed by atoms with Gasteiger partial charge in [-0.25, -0.2) is 14.0 Å². The van der Waals surface area contributed by atoms with Crippen LogP contribution < -0.4 is 4.74 Å². The van der Waals surface area contributed by atoms with Gasteiger partial charge in [-0.3, -0.25) is 0 Å². The molecule has 0 aliphatic heterocycles. The first-order valence-corrected chi connectivity index (χ1v) is 7.51. The minimum absolute atomic E-state index is 0.0985. The summed E-state index contributed by atoms with van der Waals surface area (Å²) in [4.78, 5) is 21.1. The van der Waals surface area contributed by atoms with Gasteiger partial charge in [0.15, 0.2) is 0 Å². The van der Waals surface area contributed by atoms with Crippen molar-refractivity contribution in [1.82, 2.24) is 0 Å². The molecule has 0 aromatic heterocycles. The Morgan fingerprint density at radius 3 is 1.88 bits per heavy atom. The predicted octanol–water partition coefficient (Wildman–Crippen LogP) is 4.70. The summed E-state index contributed by atoms with van der Waals surface area (Å²) in [5.74, 6) is -1.49. The zero-order valence-electron chi connectivity index (χ0n) is 13.5. The molecule has 0 atom stereocenters. The lowest BCUT2D eigenvalue weighted by Crippen LogP contribution is -1.99. The summed E-state index contributed by atoms with van der Waals surface area (Å²) in [7, 11) is 0. The molecular weight excluding hydrogens is 339 g/mol. The molecule has 0 saturated carbocycles. The number of halogens is 1. The van der Waals surface area contributed by atoms with Gasteiger partial charge in [-0.15, -0.1) is 0 Å². The number of rotatable bonds is 4. The Bertz CT molecular complexity index is 876. The molecule has 0 aliphatic rings. The van der Waals surface area contributed by atoms with Gasteiger partial charge in [0.25, 0.3) is 0 Å². The molecule has 6 heteroatoms. The van der Waals surface area contributed by atoms with Crippen LogP contribution in [0.4, 0.5) is 4.39 Å². The smallest absolute Gasteiger partial charge is 0.339 e. The molecule has 132 valence electrons. The maximum Gasteiger partial charge on any atom is 0.339 e. The molecular formula is C20H15FO5. The highest BCUT2D eigenvalue weighted by molar-refractivity contribution is 5.91. The van der Waals surface area contributed by atoms with Gasteiger partial charge in [0.2, 0.25) is 0 Å². The van der Waals surface area contributed by atoms with E-state index < -0.39 is 17.8 Å². The fraction of sp³-hybridized carbons (Fsp3) is 0. The minimum Gasteiger partial charge on any atom is -0.478 e. The quantitative estimate of drug-likeness (QED) is 0.709. The van der Waals surface area contributed by atoms with E-state index in [2.05, 4.69) is 0 Å². The van der Waals surface area contributed by atoms with Crippen molar-refractivity contribution in [2.45, 2.75) is 0 Å². The molecule has 5 nitrogen and oxygen atoms in total. The highest BCUT2D eigenvalue weighted by Gasteiger charge is 2.10. The van der Waals surface area contributed by atoms with Gasteiger partial charge < -0.3 is 14.9 Å². The number of carbonyl (C=O) groups is 2. The third-order valence-electron chi connectivity index (χ3n) is 3.18. The number of hydrogen-bond acceptors (Lipinski definition) is 3. The van der Waals surface area contributed by atoms with Gasteiger partial charge in [-0.05, 0) is 48.5 Å². The van der Waals surface area contributed by atoms with Crippen molar-refractivity contribution in [1.29, 1.82) is 0 Å².